The topological polar surface area (TPSA) is 32.3 Å². The van der Waals surface area contributed by atoms with E-state index in [2.05, 4.69) is 30.4 Å². The van der Waals surface area contributed by atoms with Gasteiger partial charge >= 0.3 is 0 Å². The molecular weight excluding hydrogens is 258 g/mol. The molecule has 1 aromatic carbocycles. The van der Waals surface area contributed by atoms with Gasteiger partial charge < -0.3 is 10.4 Å². The molecule has 1 fully saturated rings. The van der Waals surface area contributed by atoms with Crippen molar-refractivity contribution in [2.45, 2.75) is 82.9 Å². The lowest BCUT2D eigenvalue weighted by atomic mass is 9.89. The van der Waals surface area contributed by atoms with E-state index in [4.69, 9.17) is 0 Å². The van der Waals surface area contributed by atoms with E-state index < -0.39 is 0 Å². The van der Waals surface area contributed by atoms with Gasteiger partial charge in [0.1, 0.15) is 0 Å². The molecule has 1 aromatic rings. The minimum atomic E-state index is -0.174. The second-order valence-electron chi connectivity index (χ2n) is 6.94. The first kappa shape index (κ1) is 15.1. The Bertz CT molecular complexity index is 471. The predicted octanol–water partition coefficient (Wildman–Crippen LogP) is 3.91. The van der Waals surface area contributed by atoms with Crippen molar-refractivity contribution in [2.75, 3.05) is 0 Å². The highest BCUT2D eigenvalue weighted by Crippen LogP contribution is 2.26. The first-order valence-electron chi connectivity index (χ1n) is 8.80. The summed E-state index contributed by atoms with van der Waals surface area (Å²) in [6.45, 7) is 2.24. The van der Waals surface area contributed by atoms with E-state index in [1.165, 1.54) is 50.5 Å². The molecule has 21 heavy (non-hydrogen) atoms. The summed E-state index contributed by atoms with van der Waals surface area (Å²) in [7, 11) is 0. The molecule has 2 aliphatic rings. The predicted molar refractivity (Wildman–Crippen MR) is 87.5 cm³/mol. The van der Waals surface area contributed by atoms with Gasteiger partial charge in [0.25, 0.3) is 0 Å². The van der Waals surface area contributed by atoms with Crippen molar-refractivity contribution in [2.24, 2.45) is 0 Å². The van der Waals surface area contributed by atoms with Crippen molar-refractivity contribution in [1.82, 2.24) is 5.32 Å². The van der Waals surface area contributed by atoms with E-state index in [0.29, 0.717) is 6.04 Å². The van der Waals surface area contributed by atoms with Crippen molar-refractivity contribution in [3.63, 3.8) is 0 Å². The van der Waals surface area contributed by atoms with Crippen molar-refractivity contribution in [3.8, 4) is 0 Å². The van der Waals surface area contributed by atoms with Crippen molar-refractivity contribution in [3.05, 3.63) is 34.9 Å². The summed E-state index contributed by atoms with van der Waals surface area (Å²) in [6.07, 6.45) is 10.7. The van der Waals surface area contributed by atoms with Crippen LogP contribution in [-0.2, 0) is 12.8 Å². The van der Waals surface area contributed by atoms with Crippen LogP contribution in [0, 0.1) is 0 Å². The molecule has 0 spiro atoms. The van der Waals surface area contributed by atoms with Gasteiger partial charge in [-0.3, -0.25) is 0 Å². The van der Waals surface area contributed by atoms with Gasteiger partial charge in [-0.25, -0.2) is 0 Å². The number of aliphatic hydroxyl groups is 1. The van der Waals surface area contributed by atoms with E-state index in [-0.39, 0.29) is 12.1 Å². The number of nitrogens with one attached hydrogen (secondary N) is 1. The molecule has 0 saturated heterocycles. The highest BCUT2D eigenvalue weighted by molar-refractivity contribution is 5.35. The Morgan fingerprint density at radius 2 is 1.76 bits per heavy atom. The molecule has 2 nitrogen and oxygen atoms in total. The molecule has 3 atom stereocenters. The van der Waals surface area contributed by atoms with Crippen molar-refractivity contribution < 1.29 is 5.11 Å². The Hall–Kier alpha value is -0.860. The van der Waals surface area contributed by atoms with Crippen LogP contribution in [0.4, 0.5) is 0 Å². The van der Waals surface area contributed by atoms with Crippen LogP contribution in [0.5, 0.6) is 0 Å². The molecule has 1 saturated carbocycles. The van der Waals surface area contributed by atoms with Gasteiger partial charge in [0, 0.05) is 12.1 Å². The fourth-order valence-electron chi connectivity index (χ4n) is 3.92. The highest BCUT2D eigenvalue weighted by Gasteiger charge is 2.23. The van der Waals surface area contributed by atoms with Gasteiger partial charge in [-0.1, -0.05) is 37.5 Å². The second-order valence-corrected chi connectivity index (χ2v) is 6.94. The van der Waals surface area contributed by atoms with Crippen LogP contribution in [0.3, 0.4) is 0 Å². The zero-order valence-corrected chi connectivity index (χ0v) is 13.3. The molecule has 0 radical (unpaired) electrons. The van der Waals surface area contributed by atoms with Gasteiger partial charge in [0.05, 0.1) is 6.10 Å². The van der Waals surface area contributed by atoms with Crippen LogP contribution in [0.15, 0.2) is 18.2 Å². The Morgan fingerprint density at radius 3 is 2.62 bits per heavy atom. The van der Waals surface area contributed by atoms with Crippen LogP contribution in [-0.4, -0.2) is 17.3 Å². The number of benzene rings is 1. The van der Waals surface area contributed by atoms with E-state index in [9.17, 15) is 5.11 Å². The van der Waals surface area contributed by atoms with Crippen molar-refractivity contribution in [1.29, 1.82) is 0 Å². The third kappa shape index (κ3) is 3.67. The molecule has 0 aromatic heterocycles. The van der Waals surface area contributed by atoms with Gasteiger partial charge in [0.2, 0.25) is 0 Å². The zero-order valence-electron chi connectivity index (χ0n) is 13.3. The molecule has 116 valence electrons. The quantitative estimate of drug-likeness (QED) is 0.826. The first-order valence-corrected chi connectivity index (χ1v) is 8.80. The summed E-state index contributed by atoms with van der Waals surface area (Å²) >= 11 is 0. The number of fused-ring (bicyclic) bond motifs is 1. The third-order valence-electron chi connectivity index (χ3n) is 5.32. The van der Waals surface area contributed by atoms with Gasteiger partial charge in [-0.15, -0.1) is 0 Å². The van der Waals surface area contributed by atoms with Gasteiger partial charge in [0.15, 0.2) is 0 Å². The standard InChI is InChI=1S/C19H29NO/c1-14(20-18-9-3-2-4-10-19(18)21)16-12-11-15-7-5-6-8-17(15)13-16/h11-14,18-21H,2-10H2,1H3. The smallest absolute Gasteiger partial charge is 0.0693 e. The lowest BCUT2D eigenvalue weighted by Crippen LogP contribution is -2.40. The molecular formula is C19H29NO. The van der Waals surface area contributed by atoms with Crippen LogP contribution in [0.1, 0.15) is 74.6 Å². The lowest BCUT2D eigenvalue weighted by molar-refractivity contribution is 0.115. The minimum Gasteiger partial charge on any atom is -0.392 e. The monoisotopic (exact) mass is 287 g/mol. The Balaban J connectivity index is 1.68. The van der Waals surface area contributed by atoms with Crippen LogP contribution < -0.4 is 5.32 Å². The molecule has 2 aliphatic carbocycles. The number of aryl methyl sites for hydroxylation is 2. The maximum absolute atomic E-state index is 10.3. The van der Waals surface area contributed by atoms with E-state index >= 15 is 0 Å². The molecule has 2 heteroatoms. The summed E-state index contributed by atoms with van der Waals surface area (Å²) in [5.74, 6) is 0. The number of aliphatic hydroxyl groups excluding tert-OH is 1. The van der Waals surface area contributed by atoms with Crippen LogP contribution in [0.2, 0.25) is 0 Å². The maximum Gasteiger partial charge on any atom is 0.0693 e. The second kappa shape index (κ2) is 6.93. The molecule has 3 unspecified atom stereocenters. The van der Waals surface area contributed by atoms with Crippen LogP contribution >= 0.6 is 0 Å². The first-order chi connectivity index (χ1) is 10.2. The number of hydrogen-bond donors (Lipinski definition) is 2. The molecule has 3 rings (SSSR count). The minimum absolute atomic E-state index is 0.174. The normalized spacial score (nSPS) is 27.7. The molecule has 2 N–H and O–H groups in total. The summed E-state index contributed by atoms with van der Waals surface area (Å²) < 4.78 is 0. The van der Waals surface area contributed by atoms with Gasteiger partial charge in [-0.05, 0) is 62.1 Å². The lowest BCUT2D eigenvalue weighted by Gasteiger charge is -2.27. The number of rotatable bonds is 3. The fourth-order valence-corrected chi connectivity index (χ4v) is 3.92. The average molecular weight is 287 g/mol. The SMILES string of the molecule is CC(NC1CCCCCC1O)c1ccc2c(c1)CCCC2. The van der Waals surface area contributed by atoms with E-state index in [1.54, 1.807) is 11.1 Å². The molecule has 0 heterocycles. The summed E-state index contributed by atoms with van der Waals surface area (Å²) in [4.78, 5) is 0. The maximum atomic E-state index is 10.3. The highest BCUT2D eigenvalue weighted by atomic mass is 16.3. The van der Waals surface area contributed by atoms with Crippen molar-refractivity contribution >= 4 is 0 Å². The summed E-state index contributed by atoms with van der Waals surface area (Å²) in [5, 5.41) is 14.0. The Kier molecular flexibility index (Phi) is 4.97. The Morgan fingerprint density at radius 1 is 1.00 bits per heavy atom. The van der Waals surface area contributed by atoms with E-state index in [0.717, 1.165) is 12.8 Å². The molecule has 0 amide bonds. The molecule has 0 aliphatic heterocycles. The third-order valence-corrected chi connectivity index (χ3v) is 5.32. The average Bonchev–Trinajstić information content (AvgIpc) is 2.72. The summed E-state index contributed by atoms with van der Waals surface area (Å²) in [6, 6.07) is 7.60. The van der Waals surface area contributed by atoms with Gasteiger partial charge in [-0.2, -0.15) is 0 Å². The molecule has 0 bridgehead atoms. The largest absolute Gasteiger partial charge is 0.392 e. The zero-order chi connectivity index (χ0) is 14.7. The number of hydrogen-bond acceptors (Lipinski definition) is 2. The Labute approximate surface area is 129 Å². The van der Waals surface area contributed by atoms with Crippen LogP contribution in [0.25, 0.3) is 0 Å². The summed E-state index contributed by atoms with van der Waals surface area (Å²) in [5.41, 5.74) is 4.48. The van der Waals surface area contributed by atoms with E-state index in [1.807, 2.05) is 0 Å². The fraction of sp³-hybridized carbons (Fsp3) is 0.684.